The van der Waals surface area contributed by atoms with Crippen molar-refractivity contribution in [1.29, 1.82) is 0 Å². The molecule has 0 spiro atoms. The van der Waals surface area contributed by atoms with E-state index < -0.39 is 0 Å². The maximum absolute atomic E-state index is 12.0. The van der Waals surface area contributed by atoms with Crippen molar-refractivity contribution in [2.24, 2.45) is 5.92 Å². The van der Waals surface area contributed by atoms with Crippen LogP contribution in [-0.2, 0) is 4.74 Å². The van der Waals surface area contributed by atoms with Gasteiger partial charge in [-0.05, 0) is 25.0 Å². The second-order valence-corrected chi connectivity index (χ2v) is 4.76. The molecule has 0 amide bonds. The van der Waals surface area contributed by atoms with E-state index >= 15 is 0 Å². The van der Waals surface area contributed by atoms with Crippen molar-refractivity contribution in [1.82, 2.24) is 0 Å². The highest BCUT2D eigenvalue weighted by Crippen LogP contribution is 2.32. The molecule has 2 aliphatic heterocycles. The molecule has 1 aromatic rings. The first kappa shape index (κ1) is 10.8. The van der Waals surface area contributed by atoms with Crippen LogP contribution in [0.4, 0.5) is 0 Å². The molecular weight excluding hydrogens is 216 g/mol. The van der Waals surface area contributed by atoms with Crippen molar-refractivity contribution in [3.63, 3.8) is 0 Å². The van der Waals surface area contributed by atoms with Gasteiger partial charge in [0, 0.05) is 18.9 Å². The lowest BCUT2D eigenvalue weighted by atomic mass is 9.89. The van der Waals surface area contributed by atoms with E-state index in [9.17, 15) is 4.79 Å². The average molecular weight is 232 g/mol. The maximum Gasteiger partial charge on any atom is 0.170 e. The number of para-hydroxylation sites is 1. The van der Waals surface area contributed by atoms with Gasteiger partial charge in [0.25, 0.3) is 0 Å². The van der Waals surface area contributed by atoms with Gasteiger partial charge >= 0.3 is 0 Å². The van der Waals surface area contributed by atoms with Crippen LogP contribution in [0.15, 0.2) is 24.3 Å². The van der Waals surface area contributed by atoms with Gasteiger partial charge in [-0.15, -0.1) is 0 Å². The number of rotatable bonds is 1. The number of benzene rings is 1. The summed E-state index contributed by atoms with van der Waals surface area (Å²) in [7, 11) is 0. The largest absolute Gasteiger partial charge is 0.489 e. The zero-order chi connectivity index (χ0) is 11.7. The molecule has 0 aliphatic carbocycles. The quantitative estimate of drug-likeness (QED) is 0.746. The Morgan fingerprint density at radius 1 is 1.24 bits per heavy atom. The lowest BCUT2D eigenvalue weighted by molar-refractivity contribution is -0.00363. The molecule has 90 valence electrons. The van der Waals surface area contributed by atoms with Crippen LogP contribution < -0.4 is 4.74 Å². The molecule has 1 aromatic carbocycles. The number of fused-ring (bicyclic) bond motifs is 1. The number of hydrogen-bond acceptors (Lipinski definition) is 3. The van der Waals surface area contributed by atoms with Crippen LogP contribution in [0.5, 0.6) is 5.75 Å². The summed E-state index contributed by atoms with van der Waals surface area (Å²) in [4.78, 5) is 12.0. The summed E-state index contributed by atoms with van der Waals surface area (Å²) in [6, 6.07) is 7.50. The van der Waals surface area contributed by atoms with E-state index in [0.717, 1.165) is 37.4 Å². The van der Waals surface area contributed by atoms with E-state index in [-0.39, 0.29) is 11.9 Å². The fraction of sp³-hybridized carbons (Fsp3) is 0.500. The van der Waals surface area contributed by atoms with Crippen molar-refractivity contribution >= 4 is 5.78 Å². The van der Waals surface area contributed by atoms with E-state index in [0.29, 0.717) is 12.3 Å². The Balaban J connectivity index is 1.80. The molecule has 17 heavy (non-hydrogen) atoms. The van der Waals surface area contributed by atoms with Crippen molar-refractivity contribution in [2.75, 3.05) is 13.2 Å². The summed E-state index contributed by atoms with van der Waals surface area (Å²) in [5, 5.41) is 0. The molecule has 3 rings (SSSR count). The number of ether oxygens (including phenoxy) is 2. The minimum Gasteiger partial charge on any atom is -0.489 e. The zero-order valence-corrected chi connectivity index (χ0v) is 9.72. The molecule has 0 bridgehead atoms. The predicted molar refractivity (Wildman–Crippen MR) is 63.3 cm³/mol. The van der Waals surface area contributed by atoms with E-state index in [1.165, 1.54) is 0 Å². The predicted octanol–water partition coefficient (Wildman–Crippen LogP) is 2.45. The van der Waals surface area contributed by atoms with Crippen LogP contribution >= 0.6 is 0 Å². The normalized spacial score (nSPS) is 28.4. The van der Waals surface area contributed by atoms with Gasteiger partial charge in [0.2, 0.25) is 0 Å². The Labute approximate surface area is 101 Å². The summed E-state index contributed by atoms with van der Waals surface area (Å²) >= 11 is 0. The first-order valence-electron chi connectivity index (χ1n) is 6.21. The number of hydrogen-bond donors (Lipinski definition) is 0. The Hall–Kier alpha value is -1.35. The van der Waals surface area contributed by atoms with E-state index in [2.05, 4.69) is 0 Å². The fourth-order valence-corrected chi connectivity index (χ4v) is 2.62. The van der Waals surface area contributed by atoms with Crippen molar-refractivity contribution < 1.29 is 14.3 Å². The van der Waals surface area contributed by atoms with Gasteiger partial charge in [-0.1, -0.05) is 12.1 Å². The van der Waals surface area contributed by atoms with Crippen LogP contribution in [0, 0.1) is 5.92 Å². The molecule has 2 unspecified atom stereocenters. The standard InChI is InChI=1S/C14H16O3/c15-12-8-14(10-4-3-7-16-9-10)17-13-6-2-1-5-11(12)13/h1-2,5-6,10,14H,3-4,7-9H2. The average Bonchev–Trinajstić information content (AvgIpc) is 2.40. The molecule has 1 fully saturated rings. The van der Waals surface area contributed by atoms with Crippen LogP contribution in [0.2, 0.25) is 0 Å². The van der Waals surface area contributed by atoms with Crippen molar-refractivity contribution in [3.8, 4) is 5.75 Å². The Kier molecular flexibility index (Phi) is 2.85. The number of ketones is 1. The maximum atomic E-state index is 12.0. The third kappa shape index (κ3) is 2.07. The van der Waals surface area contributed by atoms with Gasteiger partial charge in [0.05, 0.1) is 12.2 Å². The van der Waals surface area contributed by atoms with Crippen molar-refractivity contribution in [3.05, 3.63) is 29.8 Å². The van der Waals surface area contributed by atoms with Gasteiger partial charge < -0.3 is 9.47 Å². The fourth-order valence-electron chi connectivity index (χ4n) is 2.62. The monoisotopic (exact) mass is 232 g/mol. The summed E-state index contributed by atoms with van der Waals surface area (Å²) in [6.07, 6.45) is 2.66. The van der Waals surface area contributed by atoms with E-state index in [1.54, 1.807) is 0 Å². The number of Topliss-reactive ketones (excluding diaryl/α,β-unsaturated/α-hetero) is 1. The molecule has 3 nitrogen and oxygen atoms in total. The van der Waals surface area contributed by atoms with Gasteiger partial charge in [-0.25, -0.2) is 0 Å². The van der Waals surface area contributed by atoms with Crippen LogP contribution in [0.3, 0.4) is 0 Å². The van der Waals surface area contributed by atoms with Crippen molar-refractivity contribution in [2.45, 2.75) is 25.4 Å². The third-order valence-electron chi connectivity index (χ3n) is 3.57. The topological polar surface area (TPSA) is 35.5 Å². The molecule has 0 aromatic heterocycles. The van der Waals surface area contributed by atoms with Gasteiger partial charge in [-0.2, -0.15) is 0 Å². The molecule has 3 heteroatoms. The smallest absolute Gasteiger partial charge is 0.170 e. The second-order valence-electron chi connectivity index (χ2n) is 4.76. The van der Waals surface area contributed by atoms with Gasteiger partial charge in [0.15, 0.2) is 5.78 Å². The SMILES string of the molecule is O=C1CC(C2CCCOC2)Oc2ccccc21. The highest BCUT2D eigenvalue weighted by Gasteiger charge is 2.33. The molecule has 2 aliphatic rings. The summed E-state index contributed by atoms with van der Waals surface area (Å²) < 4.78 is 11.4. The number of carbonyl (C=O) groups excluding carboxylic acids is 1. The van der Waals surface area contributed by atoms with Crippen LogP contribution in [0.25, 0.3) is 0 Å². The minimum atomic E-state index is -0.00213. The lowest BCUT2D eigenvalue weighted by Crippen LogP contribution is -2.37. The van der Waals surface area contributed by atoms with E-state index in [1.807, 2.05) is 24.3 Å². The molecule has 0 N–H and O–H groups in total. The van der Waals surface area contributed by atoms with Gasteiger partial charge in [-0.3, -0.25) is 4.79 Å². The lowest BCUT2D eigenvalue weighted by Gasteiger charge is -2.33. The molecule has 2 heterocycles. The van der Waals surface area contributed by atoms with E-state index in [4.69, 9.17) is 9.47 Å². The third-order valence-corrected chi connectivity index (χ3v) is 3.57. The Morgan fingerprint density at radius 2 is 2.12 bits per heavy atom. The first-order chi connectivity index (χ1) is 8.34. The Bertz CT molecular complexity index is 421. The number of carbonyl (C=O) groups is 1. The zero-order valence-electron chi connectivity index (χ0n) is 9.72. The van der Waals surface area contributed by atoms with Crippen LogP contribution in [0.1, 0.15) is 29.6 Å². The van der Waals surface area contributed by atoms with Crippen LogP contribution in [-0.4, -0.2) is 25.1 Å². The Morgan fingerprint density at radius 3 is 2.94 bits per heavy atom. The highest BCUT2D eigenvalue weighted by atomic mass is 16.5. The molecule has 0 saturated carbocycles. The first-order valence-corrected chi connectivity index (χ1v) is 6.21. The molecule has 2 atom stereocenters. The molecule has 1 saturated heterocycles. The summed E-state index contributed by atoms with van der Waals surface area (Å²) in [5.74, 6) is 1.29. The second kappa shape index (κ2) is 4.49. The summed E-state index contributed by atoms with van der Waals surface area (Å²) in [6.45, 7) is 1.56. The van der Waals surface area contributed by atoms with Gasteiger partial charge in [0.1, 0.15) is 11.9 Å². The summed E-state index contributed by atoms with van der Waals surface area (Å²) in [5.41, 5.74) is 0.723. The molecular formula is C14H16O3. The molecule has 0 radical (unpaired) electrons. The highest BCUT2D eigenvalue weighted by molar-refractivity contribution is 5.99. The minimum absolute atomic E-state index is 0.00213.